The minimum absolute atomic E-state index is 0.0643. The number of nitrogens with one attached hydrogen (secondary N) is 2. The van der Waals surface area contributed by atoms with Crippen LogP contribution in [0.1, 0.15) is 18.1 Å². The summed E-state index contributed by atoms with van der Waals surface area (Å²) < 4.78 is 0. The van der Waals surface area contributed by atoms with Gasteiger partial charge < -0.3 is 10.6 Å². The Labute approximate surface area is 94.5 Å². The molecule has 0 unspecified atom stereocenters. The van der Waals surface area contributed by atoms with Crippen LogP contribution in [0.4, 0.5) is 5.82 Å². The number of rotatable bonds is 1. The lowest BCUT2D eigenvalue weighted by atomic mass is 10.2. The van der Waals surface area contributed by atoms with E-state index in [4.69, 9.17) is 0 Å². The van der Waals surface area contributed by atoms with Gasteiger partial charge in [0.2, 0.25) is 5.91 Å². The highest BCUT2D eigenvalue weighted by Gasteiger charge is 2.10. The van der Waals surface area contributed by atoms with Gasteiger partial charge in [-0.2, -0.15) is 0 Å². The summed E-state index contributed by atoms with van der Waals surface area (Å²) in [5, 5.41) is 5.82. The van der Waals surface area contributed by atoms with Crippen LogP contribution < -0.4 is 10.6 Å². The summed E-state index contributed by atoms with van der Waals surface area (Å²) in [6.45, 7) is 2.81. The molecule has 16 heavy (non-hydrogen) atoms. The maximum absolute atomic E-state index is 10.6. The summed E-state index contributed by atoms with van der Waals surface area (Å²) >= 11 is 0. The van der Waals surface area contributed by atoms with Crippen molar-refractivity contribution in [2.45, 2.75) is 13.3 Å². The monoisotopic (exact) mass is 215 g/mol. The molecule has 0 saturated heterocycles. The number of amides is 1. The molecule has 0 bridgehead atoms. The Kier molecular flexibility index (Phi) is 3.06. The maximum atomic E-state index is 10.6. The number of aromatic nitrogens is 1. The second-order valence-corrected chi connectivity index (χ2v) is 3.62. The fraction of sp³-hybridized carbons (Fsp3) is 0.333. The average molecular weight is 215 g/mol. The lowest BCUT2D eigenvalue weighted by molar-refractivity contribution is -0.118. The van der Waals surface area contributed by atoms with Crippen LogP contribution in [-0.2, 0) is 11.2 Å². The van der Waals surface area contributed by atoms with Gasteiger partial charge in [-0.15, -0.1) is 0 Å². The Morgan fingerprint density at radius 2 is 2.56 bits per heavy atom. The molecule has 0 radical (unpaired) electrons. The van der Waals surface area contributed by atoms with Crippen LogP contribution in [0.5, 0.6) is 0 Å². The lowest BCUT2D eigenvalue weighted by Gasteiger charge is -1.97. The SMILES string of the molecule is CC(=O)NCC#Cc1cnc2c(c1)CCN2. The van der Waals surface area contributed by atoms with Crippen molar-refractivity contribution in [3.05, 3.63) is 23.4 Å². The molecule has 0 spiro atoms. The molecule has 82 valence electrons. The first-order valence-electron chi connectivity index (χ1n) is 5.22. The van der Waals surface area contributed by atoms with Gasteiger partial charge in [0, 0.05) is 25.2 Å². The summed E-state index contributed by atoms with van der Waals surface area (Å²) in [6.07, 6.45) is 2.75. The highest BCUT2D eigenvalue weighted by Crippen LogP contribution is 2.19. The van der Waals surface area contributed by atoms with E-state index in [9.17, 15) is 4.79 Å². The summed E-state index contributed by atoms with van der Waals surface area (Å²) in [6, 6.07) is 2.04. The molecule has 2 N–H and O–H groups in total. The van der Waals surface area contributed by atoms with E-state index >= 15 is 0 Å². The number of pyridine rings is 1. The van der Waals surface area contributed by atoms with Crippen molar-refractivity contribution in [3.63, 3.8) is 0 Å². The smallest absolute Gasteiger partial charge is 0.217 e. The first kappa shape index (κ1) is 10.5. The fourth-order valence-corrected chi connectivity index (χ4v) is 1.56. The number of fused-ring (bicyclic) bond motifs is 1. The van der Waals surface area contributed by atoms with E-state index in [1.54, 1.807) is 6.20 Å². The van der Waals surface area contributed by atoms with Crippen LogP contribution in [0.2, 0.25) is 0 Å². The van der Waals surface area contributed by atoms with Crippen molar-refractivity contribution in [2.75, 3.05) is 18.4 Å². The van der Waals surface area contributed by atoms with Crippen LogP contribution >= 0.6 is 0 Å². The van der Waals surface area contributed by atoms with Gasteiger partial charge in [-0.1, -0.05) is 11.8 Å². The highest BCUT2D eigenvalue weighted by atomic mass is 16.1. The summed E-state index contributed by atoms with van der Waals surface area (Å²) in [4.78, 5) is 14.9. The number of carbonyl (C=O) groups excluding carboxylic acids is 1. The van der Waals surface area contributed by atoms with Crippen molar-refractivity contribution in [3.8, 4) is 11.8 Å². The van der Waals surface area contributed by atoms with Crippen molar-refractivity contribution >= 4 is 11.7 Å². The quantitative estimate of drug-likeness (QED) is 0.672. The third kappa shape index (κ3) is 2.51. The molecule has 2 rings (SSSR count). The first-order chi connectivity index (χ1) is 7.75. The predicted octanol–water partition coefficient (Wildman–Crippen LogP) is 0.537. The first-order valence-corrected chi connectivity index (χ1v) is 5.22. The lowest BCUT2D eigenvalue weighted by Crippen LogP contribution is -2.19. The zero-order chi connectivity index (χ0) is 11.4. The Bertz CT molecular complexity index is 471. The van der Waals surface area contributed by atoms with Gasteiger partial charge in [0.15, 0.2) is 0 Å². The van der Waals surface area contributed by atoms with Gasteiger partial charge in [0.25, 0.3) is 0 Å². The molecule has 1 aliphatic heterocycles. The van der Waals surface area contributed by atoms with Crippen LogP contribution in [0.25, 0.3) is 0 Å². The van der Waals surface area contributed by atoms with Crippen molar-refractivity contribution in [2.24, 2.45) is 0 Å². The molecular weight excluding hydrogens is 202 g/mol. The summed E-state index contributed by atoms with van der Waals surface area (Å²) in [5.41, 5.74) is 2.11. The van der Waals surface area contributed by atoms with E-state index in [2.05, 4.69) is 27.5 Å². The third-order valence-electron chi connectivity index (χ3n) is 2.31. The maximum Gasteiger partial charge on any atom is 0.217 e. The summed E-state index contributed by atoms with van der Waals surface area (Å²) in [7, 11) is 0. The van der Waals surface area contributed by atoms with Gasteiger partial charge in [-0.25, -0.2) is 4.98 Å². The number of nitrogens with zero attached hydrogens (tertiary/aromatic N) is 1. The van der Waals surface area contributed by atoms with E-state index < -0.39 is 0 Å². The molecule has 0 saturated carbocycles. The average Bonchev–Trinajstić information content (AvgIpc) is 2.71. The van der Waals surface area contributed by atoms with E-state index in [1.807, 2.05) is 6.07 Å². The second-order valence-electron chi connectivity index (χ2n) is 3.62. The van der Waals surface area contributed by atoms with Crippen LogP contribution in [-0.4, -0.2) is 24.0 Å². The molecule has 1 aliphatic rings. The minimum atomic E-state index is -0.0643. The summed E-state index contributed by atoms with van der Waals surface area (Å²) in [5.74, 6) is 6.76. The molecule has 0 atom stereocenters. The second kappa shape index (κ2) is 4.67. The standard InChI is InChI=1S/C12H13N3O/c1-9(16)13-5-2-3-10-7-11-4-6-14-12(11)15-8-10/h7-8H,4-6H2,1H3,(H,13,16)(H,14,15). The van der Waals surface area contributed by atoms with Crippen molar-refractivity contribution < 1.29 is 4.79 Å². The Hall–Kier alpha value is -2.02. The molecule has 0 aromatic carbocycles. The molecule has 4 heteroatoms. The van der Waals surface area contributed by atoms with E-state index in [1.165, 1.54) is 12.5 Å². The Balaban J connectivity index is 2.02. The molecule has 1 aromatic heterocycles. The van der Waals surface area contributed by atoms with E-state index in [-0.39, 0.29) is 5.91 Å². The van der Waals surface area contributed by atoms with Crippen molar-refractivity contribution in [1.82, 2.24) is 10.3 Å². The van der Waals surface area contributed by atoms with Gasteiger partial charge in [0.1, 0.15) is 5.82 Å². The topological polar surface area (TPSA) is 54.0 Å². The number of hydrogen-bond donors (Lipinski definition) is 2. The molecule has 2 heterocycles. The Morgan fingerprint density at radius 1 is 1.69 bits per heavy atom. The predicted molar refractivity (Wildman–Crippen MR) is 62.0 cm³/mol. The third-order valence-corrected chi connectivity index (χ3v) is 2.31. The van der Waals surface area contributed by atoms with Gasteiger partial charge in [0.05, 0.1) is 6.54 Å². The molecule has 1 amide bonds. The molecule has 1 aromatic rings. The number of anilines is 1. The molecular formula is C12H13N3O. The van der Waals surface area contributed by atoms with Crippen LogP contribution in [0.15, 0.2) is 12.3 Å². The van der Waals surface area contributed by atoms with Gasteiger partial charge in [-0.3, -0.25) is 4.79 Å². The van der Waals surface area contributed by atoms with Crippen LogP contribution in [0.3, 0.4) is 0 Å². The van der Waals surface area contributed by atoms with Gasteiger partial charge in [-0.05, 0) is 18.1 Å². The zero-order valence-corrected chi connectivity index (χ0v) is 9.13. The van der Waals surface area contributed by atoms with Crippen molar-refractivity contribution in [1.29, 1.82) is 0 Å². The van der Waals surface area contributed by atoms with Crippen LogP contribution in [0, 0.1) is 11.8 Å². The molecule has 0 aliphatic carbocycles. The normalized spacial score (nSPS) is 12.1. The minimum Gasteiger partial charge on any atom is -0.370 e. The van der Waals surface area contributed by atoms with Gasteiger partial charge >= 0.3 is 0 Å². The zero-order valence-electron chi connectivity index (χ0n) is 9.13. The highest BCUT2D eigenvalue weighted by molar-refractivity contribution is 5.73. The fourth-order valence-electron chi connectivity index (χ4n) is 1.56. The van der Waals surface area contributed by atoms with E-state index in [0.29, 0.717) is 6.54 Å². The number of carbonyl (C=O) groups is 1. The number of hydrogen-bond acceptors (Lipinski definition) is 3. The largest absolute Gasteiger partial charge is 0.370 e. The molecule has 0 fully saturated rings. The molecule has 4 nitrogen and oxygen atoms in total. The van der Waals surface area contributed by atoms with E-state index in [0.717, 1.165) is 24.3 Å². The Morgan fingerprint density at radius 3 is 3.38 bits per heavy atom.